The van der Waals surface area contributed by atoms with E-state index in [-0.39, 0.29) is 5.91 Å². The topological polar surface area (TPSA) is 47.6 Å². The number of carbonyl (C=O) groups excluding carboxylic acids is 1. The standard InChI is InChI=1S/C13H15Cl2NO3/c1-12(7-13(12,14)15)11(17)16-9-6-8(18-2)4-5-10(9)19-3/h4-6H,7H2,1-3H3,(H,16,17). The second-order valence-corrected chi connectivity index (χ2v) is 6.22. The normalized spacial score (nSPS) is 23.6. The SMILES string of the molecule is COc1ccc(OC)c(NC(=O)C2(C)CC2(Cl)Cl)c1. The van der Waals surface area contributed by atoms with Crippen molar-refractivity contribution in [1.29, 1.82) is 0 Å². The summed E-state index contributed by atoms with van der Waals surface area (Å²) in [7, 11) is 3.09. The summed E-state index contributed by atoms with van der Waals surface area (Å²) in [5.41, 5.74) is -0.242. The van der Waals surface area contributed by atoms with Crippen molar-refractivity contribution in [2.75, 3.05) is 19.5 Å². The average molecular weight is 304 g/mol. The van der Waals surface area contributed by atoms with Crippen LogP contribution in [0.4, 0.5) is 5.69 Å². The predicted molar refractivity (Wildman–Crippen MR) is 75.3 cm³/mol. The number of benzene rings is 1. The highest BCUT2D eigenvalue weighted by Crippen LogP contribution is 2.64. The minimum atomic E-state index is -0.997. The molecule has 0 bridgehead atoms. The lowest BCUT2D eigenvalue weighted by molar-refractivity contribution is -0.120. The molecular weight excluding hydrogens is 289 g/mol. The van der Waals surface area contributed by atoms with Crippen molar-refractivity contribution in [3.8, 4) is 11.5 Å². The maximum atomic E-state index is 12.2. The van der Waals surface area contributed by atoms with Crippen LogP contribution in [0.1, 0.15) is 13.3 Å². The van der Waals surface area contributed by atoms with Gasteiger partial charge in [0.2, 0.25) is 5.91 Å². The van der Waals surface area contributed by atoms with E-state index in [1.165, 1.54) is 7.11 Å². The van der Waals surface area contributed by atoms with E-state index in [2.05, 4.69) is 5.32 Å². The number of ether oxygens (including phenoxy) is 2. The molecule has 1 fully saturated rings. The molecule has 4 nitrogen and oxygen atoms in total. The predicted octanol–water partition coefficient (Wildman–Crippen LogP) is 3.23. The molecule has 104 valence electrons. The lowest BCUT2D eigenvalue weighted by atomic mass is 10.1. The molecule has 0 aromatic heterocycles. The molecule has 19 heavy (non-hydrogen) atoms. The van der Waals surface area contributed by atoms with Gasteiger partial charge in [0.15, 0.2) is 0 Å². The smallest absolute Gasteiger partial charge is 0.233 e. The second-order valence-electron chi connectivity index (χ2n) is 4.73. The van der Waals surface area contributed by atoms with Gasteiger partial charge < -0.3 is 14.8 Å². The lowest BCUT2D eigenvalue weighted by Gasteiger charge is -2.15. The molecule has 6 heteroatoms. The maximum Gasteiger partial charge on any atom is 0.233 e. The van der Waals surface area contributed by atoms with Crippen molar-refractivity contribution in [3.63, 3.8) is 0 Å². The summed E-state index contributed by atoms with van der Waals surface area (Å²) < 4.78 is 9.32. The number of alkyl halides is 2. The zero-order valence-electron chi connectivity index (χ0n) is 10.9. The van der Waals surface area contributed by atoms with Gasteiger partial charge in [0.1, 0.15) is 15.8 Å². The Bertz CT molecular complexity index is 519. The summed E-state index contributed by atoms with van der Waals surface area (Å²) in [4.78, 5) is 12.2. The van der Waals surface area contributed by atoms with Gasteiger partial charge in [-0.1, -0.05) is 0 Å². The molecule has 1 aromatic carbocycles. The molecular formula is C13H15Cl2NO3. The Kier molecular flexibility index (Phi) is 3.58. The van der Waals surface area contributed by atoms with Gasteiger partial charge in [-0.3, -0.25) is 4.79 Å². The maximum absolute atomic E-state index is 12.2. The van der Waals surface area contributed by atoms with Crippen LogP contribution in [0.15, 0.2) is 18.2 Å². The fraction of sp³-hybridized carbons (Fsp3) is 0.462. The second kappa shape index (κ2) is 4.76. The number of nitrogens with one attached hydrogen (secondary N) is 1. The first kappa shape index (κ1) is 14.3. The number of rotatable bonds is 4. The molecule has 1 aliphatic carbocycles. The van der Waals surface area contributed by atoms with E-state index in [9.17, 15) is 4.79 Å². The van der Waals surface area contributed by atoms with Crippen LogP contribution >= 0.6 is 23.2 Å². The van der Waals surface area contributed by atoms with Gasteiger partial charge in [-0.15, -0.1) is 23.2 Å². The highest BCUT2D eigenvalue weighted by Gasteiger charge is 2.67. The molecule has 1 amide bonds. The number of hydrogen-bond acceptors (Lipinski definition) is 3. The van der Waals surface area contributed by atoms with Gasteiger partial charge in [-0.25, -0.2) is 0 Å². The monoisotopic (exact) mass is 303 g/mol. The first-order valence-corrected chi connectivity index (χ1v) is 6.51. The highest BCUT2D eigenvalue weighted by atomic mass is 35.5. The van der Waals surface area contributed by atoms with Crippen molar-refractivity contribution in [1.82, 2.24) is 0 Å². The van der Waals surface area contributed by atoms with Gasteiger partial charge in [0.25, 0.3) is 0 Å². The van der Waals surface area contributed by atoms with Gasteiger partial charge in [0.05, 0.1) is 25.3 Å². The molecule has 1 atom stereocenters. The summed E-state index contributed by atoms with van der Waals surface area (Å²) >= 11 is 12.0. The van der Waals surface area contributed by atoms with E-state index in [1.807, 2.05) is 0 Å². The molecule has 0 spiro atoms. The van der Waals surface area contributed by atoms with Crippen LogP contribution < -0.4 is 14.8 Å². The molecule has 0 aliphatic heterocycles. The third-order valence-corrected chi connectivity index (χ3v) is 4.52. The molecule has 0 radical (unpaired) electrons. The van der Waals surface area contributed by atoms with Crippen LogP contribution in [0.3, 0.4) is 0 Å². The minimum absolute atomic E-state index is 0.232. The van der Waals surface area contributed by atoms with Gasteiger partial charge >= 0.3 is 0 Å². The number of halogens is 2. The van der Waals surface area contributed by atoms with Crippen molar-refractivity contribution in [2.24, 2.45) is 5.41 Å². The number of hydrogen-bond donors (Lipinski definition) is 1. The van der Waals surface area contributed by atoms with Crippen molar-refractivity contribution < 1.29 is 14.3 Å². The first-order chi connectivity index (χ1) is 8.84. The summed E-state index contributed by atoms with van der Waals surface area (Å²) in [5.74, 6) is 0.942. The number of anilines is 1. The van der Waals surface area contributed by atoms with Crippen molar-refractivity contribution in [2.45, 2.75) is 17.7 Å². The quantitative estimate of drug-likeness (QED) is 0.869. The Morgan fingerprint density at radius 2 is 1.95 bits per heavy atom. The van der Waals surface area contributed by atoms with Gasteiger partial charge in [-0.05, 0) is 25.5 Å². The van der Waals surface area contributed by atoms with Crippen molar-refractivity contribution >= 4 is 34.8 Å². The van der Waals surface area contributed by atoms with E-state index in [0.717, 1.165) is 0 Å². The summed E-state index contributed by atoms with van der Waals surface area (Å²) in [6.45, 7) is 1.73. The average Bonchev–Trinajstić information content (AvgIpc) is 2.90. The summed E-state index contributed by atoms with van der Waals surface area (Å²) in [6.07, 6.45) is 0.432. The van der Waals surface area contributed by atoms with Crippen LogP contribution in [-0.4, -0.2) is 24.5 Å². The highest BCUT2D eigenvalue weighted by molar-refractivity contribution is 6.53. The Morgan fingerprint density at radius 3 is 2.42 bits per heavy atom. The fourth-order valence-corrected chi connectivity index (χ4v) is 2.52. The van der Waals surface area contributed by atoms with Crippen LogP contribution in [0.5, 0.6) is 11.5 Å². The summed E-state index contributed by atoms with van der Waals surface area (Å²) in [6, 6.07) is 5.16. The van der Waals surface area contributed by atoms with Crippen molar-refractivity contribution in [3.05, 3.63) is 18.2 Å². The number of methoxy groups -OCH3 is 2. The Morgan fingerprint density at radius 1 is 1.32 bits per heavy atom. The minimum Gasteiger partial charge on any atom is -0.497 e. The first-order valence-electron chi connectivity index (χ1n) is 5.75. The molecule has 1 N–H and O–H groups in total. The van der Waals surface area contributed by atoms with E-state index >= 15 is 0 Å². The molecule has 1 unspecified atom stereocenters. The fourth-order valence-electron chi connectivity index (χ4n) is 1.82. The zero-order chi connectivity index (χ0) is 14.3. The van der Waals surface area contributed by atoms with Gasteiger partial charge in [0, 0.05) is 6.07 Å². The Labute approximate surface area is 122 Å². The van der Waals surface area contributed by atoms with E-state index in [0.29, 0.717) is 23.6 Å². The molecule has 1 saturated carbocycles. The van der Waals surface area contributed by atoms with E-state index in [4.69, 9.17) is 32.7 Å². The largest absolute Gasteiger partial charge is 0.497 e. The summed E-state index contributed by atoms with van der Waals surface area (Å²) in [5, 5.41) is 2.78. The third-order valence-electron chi connectivity index (χ3n) is 3.41. The van der Waals surface area contributed by atoms with Crippen LogP contribution in [0.2, 0.25) is 0 Å². The molecule has 0 saturated heterocycles. The number of carbonyl (C=O) groups is 1. The van der Waals surface area contributed by atoms with Crippen LogP contribution in [-0.2, 0) is 4.79 Å². The third kappa shape index (κ3) is 2.47. The number of amides is 1. The Balaban J connectivity index is 2.21. The van der Waals surface area contributed by atoms with E-state index < -0.39 is 9.75 Å². The van der Waals surface area contributed by atoms with E-state index in [1.54, 1.807) is 32.2 Å². The molecule has 1 aliphatic rings. The molecule has 0 heterocycles. The lowest BCUT2D eigenvalue weighted by Crippen LogP contribution is -2.26. The molecule has 1 aromatic rings. The van der Waals surface area contributed by atoms with Crippen LogP contribution in [0, 0.1) is 5.41 Å². The molecule has 2 rings (SSSR count). The van der Waals surface area contributed by atoms with Gasteiger partial charge in [-0.2, -0.15) is 0 Å². The van der Waals surface area contributed by atoms with Crippen LogP contribution in [0.25, 0.3) is 0 Å². The Hall–Kier alpha value is -1.13. The zero-order valence-corrected chi connectivity index (χ0v) is 12.4.